The summed E-state index contributed by atoms with van der Waals surface area (Å²) in [6.45, 7) is 3.51. The minimum Gasteiger partial charge on any atom is -0.492 e. The van der Waals surface area contributed by atoms with Crippen LogP contribution in [0.3, 0.4) is 0 Å². The Bertz CT molecular complexity index is 671. The van der Waals surface area contributed by atoms with Crippen LogP contribution >= 0.6 is 0 Å². The SMILES string of the molecule is Cc1ccc(OCCn2ccc3cccnc32)cc1. The predicted octanol–water partition coefficient (Wildman–Crippen LogP) is 3.42. The Labute approximate surface area is 112 Å². The fourth-order valence-electron chi connectivity index (χ4n) is 2.10. The summed E-state index contributed by atoms with van der Waals surface area (Å²) in [4.78, 5) is 4.39. The molecule has 0 saturated carbocycles. The van der Waals surface area contributed by atoms with Crippen LogP contribution < -0.4 is 4.74 Å². The third-order valence-corrected chi connectivity index (χ3v) is 3.14. The highest BCUT2D eigenvalue weighted by molar-refractivity contribution is 5.75. The molecule has 0 saturated heterocycles. The molecule has 19 heavy (non-hydrogen) atoms. The molecule has 3 rings (SSSR count). The van der Waals surface area contributed by atoms with E-state index < -0.39 is 0 Å². The largest absolute Gasteiger partial charge is 0.492 e. The first-order valence-electron chi connectivity index (χ1n) is 6.42. The first kappa shape index (κ1) is 11.8. The zero-order chi connectivity index (χ0) is 13.1. The van der Waals surface area contributed by atoms with Crippen LogP contribution in [0.4, 0.5) is 0 Å². The topological polar surface area (TPSA) is 27.1 Å². The van der Waals surface area contributed by atoms with E-state index in [1.54, 1.807) is 0 Å². The van der Waals surface area contributed by atoms with Gasteiger partial charge in [-0.15, -0.1) is 0 Å². The second-order valence-corrected chi connectivity index (χ2v) is 4.59. The van der Waals surface area contributed by atoms with Crippen LogP contribution in [0, 0.1) is 6.92 Å². The molecule has 0 N–H and O–H groups in total. The molecule has 3 nitrogen and oxygen atoms in total. The summed E-state index contributed by atoms with van der Waals surface area (Å²) < 4.78 is 7.85. The van der Waals surface area contributed by atoms with Gasteiger partial charge in [0.15, 0.2) is 0 Å². The lowest BCUT2D eigenvalue weighted by molar-refractivity contribution is 0.300. The van der Waals surface area contributed by atoms with Crippen molar-refractivity contribution in [3.63, 3.8) is 0 Å². The second kappa shape index (κ2) is 5.14. The van der Waals surface area contributed by atoms with Crippen LogP contribution in [0.15, 0.2) is 54.9 Å². The molecule has 0 aliphatic heterocycles. The van der Waals surface area contributed by atoms with Crippen molar-refractivity contribution in [2.75, 3.05) is 6.61 Å². The van der Waals surface area contributed by atoms with Crippen molar-refractivity contribution in [1.82, 2.24) is 9.55 Å². The van der Waals surface area contributed by atoms with Gasteiger partial charge in [0.1, 0.15) is 18.0 Å². The van der Waals surface area contributed by atoms with Crippen LogP contribution in [-0.2, 0) is 6.54 Å². The van der Waals surface area contributed by atoms with Crippen molar-refractivity contribution >= 4 is 11.0 Å². The number of rotatable bonds is 4. The number of aryl methyl sites for hydroxylation is 1. The van der Waals surface area contributed by atoms with Crippen molar-refractivity contribution in [3.05, 3.63) is 60.4 Å². The van der Waals surface area contributed by atoms with Crippen molar-refractivity contribution in [2.24, 2.45) is 0 Å². The molecule has 3 heteroatoms. The number of fused-ring (bicyclic) bond motifs is 1. The molecule has 0 spiro atoms. The smallest absolute Gasteiger partial charge is 0.139 e. The third kappa shape index (κ3) is 2.60. The molecule has 0 atom stereocenters. The average molecular weight is 252 g/mol. The van der Waals surface area contributed by atoms with Crippen molar-refractivity contribution in [1.29, 1.82) is 0 Å². The summed E-state index contributed by atoms with van der Waals surface area (Å²) in [6, 6.07) is 14.2. The number of aromatic nitrogens is 2. The van der Waals surface area contributed by atoms with Crippen molar-refractivity contribution in [2.45, 2.75) is 13.5 Å². The summed E-state index contributed by atoms with van der Waals surface area (Å²) in [5.74, 6) is 0.912. The number of pyridine rings is 1. The predicted molar refractivity (Wildman–Crippen MR) is 76.4 cm³/mol. The number of hydrogen-bond donors (Lipinski definition) is 0. The maximum Gasteiger partial charge on any atom is 0.139 e. The maximum atomic E-state index is 5.73. The van der Waals surface area contributed by atoms with E-state index in [1.807, 2.05) is 24.4 Å². The third-order valence-electron chi connectivity index (χ3n) is 3.14. The van der Waals surface area contributed by atoms with Crippen LogP contribution in [0.25, 0.3) is 11.0 Å². The maximum absolute atomic E-state index is 5.73. The Morgan fingerprint density at radius 2 is 1.95 bits per heavy atom. The molecule has 3 aromatic rings. The fraction of sp³-hybridized carbons (Fsp3) is 0.188. The Kier molecular flexibility index (Phi) is 3.19. The minimum absolute atomic E-state index is 0.642. The molecule has 0 aliphatic carbocycles. The van der Waals surface area contributed by atoms with Crippen molar-refractivity contribution in [3.8, 4) is 5.75 Å². The number of hydrogen-bond acceptors (Lipinski definition) is 2. The van der Waals surface area contributed by atoms with Gasteiger partial charge in [0, 0.05) is 17.8 Å². The van der Waals surface area contributed by atoms with Gasteiger partial charge in [-0.3, -0.25) is 0 Å². The zero-order valence-electron chi connectivity index (χ0n) is 10.9. The molecule has 96 valence electrons. The van der Waals surface area contributed by atoms with Gasteiger partial charge >= 0.3 is 0 Å². The molecule has 0 bridgehead atoms. The first-order valence-corrected chi connectivity index (χ1v) is 6.42. The normalized spacial score (nSPS) is 10.8. The summed E-state index contributed by atoms with van der Waals surface area (Å²) in [5, 5.41) is 1.16. The van der Waals surface area contributed by atoms with Crippen LogP contribution in [0.1, 0.15) is 5.56 Å². The molecule has 0 unspecified atom stereocenters. The van der Waals surface area contributed by atoms with E-state index >= 15 is 0 Å². The van der Waals surface area contributed by atoms with Gasteiger partial charge in [-0.1, -0.05) is 17.7 Å². The van der Waals surface area contributed by atoms with Gasteiger partial charge < -0.3 is 9.30 Å². The fourth-order valence-corrected chi connectivity index (χ4v) is 2.10. The first-order chi connectivity index (χ1) is 9.33. The van der Waals surface area contributed by atoms with Gasteiger partial charge in [0.2, 0.25) is 0 Å². The van der Waals surface area contributed by atoms with Crippen LogP contribution in [0.2, 0.25) is 0 Å². The van der Waals surface area contributed by atoms with E-state index in [4.69, 9.17) is 4.74 Å². The second-order valence-electron chi connectivity index (χ2n) is 4.59. The molecule has 0 aliphatic rings. The Hall–Kier alpha value is -2.29. The van der Waals surface area contributed by atoms with Crippen LogP contribution in [-0.4, -0.2) is 16.2 Å². The summed E-state index contributed by atoms with van der Waals surface area (Å²) >= 11 is 0. The van der Waals surface area contributed by atoms with E-state index in [2.05, 4.69) is 46.9 Å². The lowest BCUT2D eigenvalue weighted by atomic mass is 10.2. The monoisotopic (exact) mass is 252 g/mol. The average Bonchev–Trinajstić information content (AvgIpc) is 2.85. The summed E-state index contributed by atoms with van der Waals surface area (Å²) in [5.41, 5.74) is 2.25. The van der Waals surface area contributed by atoms with E-state index in [0.717, 1.165) is 23.3 Å². The Morgan fingerprint density at radius 1 is 1.11 bits per heavy atom. The van der Waals surface area contributed by atoms with E-state index in [-0.39, 0.29) is 0 Å². The zero-order valence-corrected chi connectivity index (χ0v) is 10.9. The quantitative estimate of drug-likeness (QED) is 0.711. The molecule has 0 amide bonds. The summed E-state index contributed by atoms with van der Waals surface area (Å²) in [7, 11) is 0. The van der Waals surface area contributed by atoms with E-state index in [9.17, 15) is 0 Å². The summed E-state index contributed by atoms with van der Waals surface area (Å²) in [6.07, 6.45) is 3.87. The van der Waals surface area contributed by atoms with Crippen molar-refractivity contribution < 1.29 is 4.74 Å². The highest BCUT2D eigenvalue weighted by atomic mass is 16.5. The van der Waals surface area contributed by atoms with Crippen LogP contribution in [0.5, 0.6) is 5.75 Å². The lowest BCUT2D eigenvalue weighted by Crippen LogP contribution is -2.07. The van der Waals surface area contributed by atoms with E-state index in [1.165, 1.54) is 5.56 Å². The molecular weight excluding hydrogens is 236 g/mol. The van der Waals surface area contributed by atoms with Gasteiger partial charge in [-0.2, -0.15) is 0 Å². The molecule has 2 aromatic heterocycles. The van der Waals surface area contributed by atoms with Gasteiger partial charge in [-0.05, 0) is 37.3 Å². The lowest BCUT2D eigenvalue weighted by Gasteiger charge is -2.08. The molecule has 0 radical (unpaired) electrons. The Morgan fingerprint density at radius 3 is 2.79 bits per heavy atom. The Balaban J connectivity index is 1.65. The number of nitrogens with zero attached hydrogens (tertiary/aromatic N) is 2. The van der Waals surface area contributed by atoms with Gasteiger partial charge in [0.05, 0.1) is 6.54 Å². The molecule has 0 fully saturated rings. The standard InChI is InChI=1S/C16H16N2O/c1-13-4-6-15(7-5-13)19-12-11-18-10-8-14-3-2-9-17-16(14)18/h2-10H,11-12H2,1H3. The number of ether oxygens (including phenoxy) is 1. The minimum atomic E-state index is 0.642. The van der Waals surface area contributed by atoms with Gasteiger partial charge in [0.25, 0.3) is 0 Å². The number of benzene rings is 1. The van der Waals surface area contributed by atoms with E-state index in [0.29, 0.717) is 6.61 Å². The molecule has 2 heterocycles. The highest BCUT2D eigenvalue weighted by Gasteiger charge is 2.01. The van der Waals surface area contributed by atoms with Gasteiger partial charge in [-0.25, -0.2) is 4.98 Å². The molecule has 1 aromatic carbocycles. The molecular formula is C16H16N2O. The highest BCUT2D eigenvalue weighted by Crippen LogP contribution is 2.14.